The predicted octanol–water partition coefficient (Wildman–Crippen LogP) is 1.32. The number of aliphatic carboxylic acids is 1. The summed E-state index contributed by atoms with van der Waals surface area (Å²) in [6, 6.07) is 6.34. The summed E-state index contributed by atoms with van der Waals surface area (Å²) in [5.41, 5.74) is 0.487. The number of rotatable bonds is 4. The Hall–Kier alpha value is -1.95. The third kappa shape index (κ3) is 3.78. The second kappa shape index (κ2) is 6.67. The maximum Gasteiger partial charge on any atom is 0.334 e. The van der Waals surface area contributed by atoms with Crippen molar-refractivity contribution in [1.29, 1.82) is 0 Å². The molecule has 1 N–H and O–H groups in total. The highest BCUT2D eigenvalue weighted by Gasteiger charge is 2.31. The first-order valence-corrected chi connectivity index (χ1v) is 6.85. The predicted molar refractivity (Wildman–Crippen MR) is 73.2 cm³/mol. The highest BCUT2D eigenvalue weighted by molar-refractivity contribution is 5.80. The third-order valence-electron chi connectivity index (χ3n) is 3.56. The molecule has 0 unspecified atom stereocenters. The number of carboxylic acids is 1. The summed E-state index contributed by atoms with van der Waals surface area (Å²) in [7, 11) is 0. The van der Waals surface area contributed by atoms with E-state index < -0.39 is 18.0 Å². The van der Waals surface area contributed by atoms with Gasteiger partial charge in [-0.2, -0.15) is 0 Å². The molecule has 21 heavy (non-hydrogen) atoms. The molecule has 5 nitrogen and oxygen atoms in total. The molecule has 114 valence electrons. The average molecular weight is 295 g/mol. The van der Waals surface area contributed by atoms with E-state index in [1.165, 1.54) is 11.0 Å². The molecule has 1 fully saturated rings. The molecule has 0 radical (unpaired) electrons. The fraction of sp³-hybridized carbons (Fsp3) is 0.467. The van der Waals surface area contributed by atoms with Crippen LogP contribution in [0, 0.1) is 11.7 Å². The van der Waals surface area contributed by atoms with Crippen molar-refractivity contribution in [2.75, 3.05) is 19.7 Å². The number of carbonyl (C=O) groups is 2. The first-order valence-electron chi connectivity index (χ1n) is 6.85. The highest BCUT2D eigenvalue weighted by Crippen LogP contribution is 2.16. The molecule has 1 aliphatic rings. The van der Waals surface area contributed by atoms with Crippen molar-refractivity contribution < 1.29 is 23.8 Å². The molecule has 1 saturated heterocycles. The number of morpholine rings is 1. The molecule has 0 aliphatic carbocycles. The number of hydrogen-bond donors (Lipinski definition) is 1. The molecule has 1 aromatic rings. The maximum atomic E-state index is 13.6. The van der Waals surface area contributed by atoms with Crippen molar-refractivity contribution in [2.45, 2.75) is 19.4 Å². The molecule has 0 saturated carbocycles. The van der Waals surface area contributed by atoms with Gasteiger partial charge in [0.15, 0.2) is 6.10 Å². The Kier molecular flexibility index (Phi) is 4.90. The van der Waals surface area contributed by atoms with Gasteiger partial charge >= 0.3 is 5.97 Å². The summed E-state index contributed by atoms with van der Waals surface area (Å²) in [6.07, 6.45) is -0.691. The number of carbonyl (C=O) groups excluding carboxylic acids is 1. The molecule has 1 aromatic carbocycles. The van der Waals surface area contributed by atoms with Gasteiger partial charge in [0.1, 0.15) is 5.82 Å². The zero-order valence-corrected chi connectivity index (χ0v) is 11.8. The van der Waals surface area contributed by atoms with Crippen LogP contribution in [0.15, 0.2) is 24.3 Å². The van der Waals surface area contributed by atoms with Crippen molar-refractivity contribution >= 4 is 11.9 Å². The van der Waals surface area contributed by atoms with Crippen LogP contribution in [0.1, 0.15) is 12.5 Å². The largest absolute Gasteiger partial charge is 0.479 e. The van der Waals surface area contributed by atoms with Crippen LogP contribution in [-0.4, -0.2) is 47.7 Å². The summed E-state index contributed by atoms with van der Waals surface area (Å²) in [4.78, 5) is 24.7. The van der Waals surface area contributed by atoms with E-state index in [2.05, 4.69) is 0 Å². The Balaban J connectivity index is 1.99. The molecule has 1 aliphatic heterocycles. The van der Waals surface area contributed by atoms with E-state index in [4.69, 9.17) is 9.84 Å². The van der Waals surface area contributed by atoms with Crippen LogP contribution in [-0.2, 0) is 20.7 Å². The fourth-order valence-electron chi connectivity index (χ4n) is 2.39. The van der Waals surface area contributed by atoms with E-state index in [-0.39, 0.29) is 24.9 Å². The summed E-state index contributed by atoms with van der Waals surface area (Å²) >= 11 is 0. The van der Waals surface area contributed by atoms with Crippen LogP contribution >= 0.6 is 0 Å². The van der Waals surface area contributed by atoms with Crippen molar-refractivity contribution in [3.05, 3.63) is 35.6 Å². The Morgan fingerprint density at radius 2 is 2.19 bits per heavy atom. The van der Waals surface area contributed by atoms with Crippen LogP contribution < -0.4 is 0 Å². The number of halogens is 1. The van der Waals surface area contributed by atoms with Crippen molar-refractivity contribution in [2.24, 2.45) is 5.92 Å². The lowest BCUT2D eigenvalue weighted by Crippen LogP contribution is -2.50. The minimum absolute atomic E-state index is 0.0375. The van der Waals surface area contributed by atoms with Crippen LogP contribution in [0.4, 0.5) is 4.39 Å². The van der Waals surface area contributed by atoms with E-state index in [0.717, 1.165) is 0 Å². The molecule has 2 rings (SSSR count). The second-order valence-electron chi connectivity index (χ2n) is 5.18. The number of ether oxygens (including phenoxy) is 1. The third-order valence-corrected chi connectivity index (χ3v) is 3.56. The number of carboxylic acid groups (broad SMARTS) is 1. The van der Waals surface area contributed by atoms with Crippen LogP contribution in [0.2, 0.25) is 0 Å². The van der Waals surface area contributed by atoms with Gasteiger partial charge in [0.05, 0.1) is 13.2 Å². The maximum absolute atomic E-state index is 13.6. The van der Waals surface area contributed by atoms with Crippen LogP contribution in [0.3, 0.4) is 0 Å². The van der Waals surface area contributed by atoms with Crippen LogP contribution in [0.5, 0.6) is 0 Å². The zero-order valence-electron chi connectivity index (χ0n) is 11.8. The lowest BCUT2D eigenvalue weighted by atomic mass is 9.99. The normalized spacial score (nSPS) is 20.1. The lowest BCUT2D eigenvalue weighted by Gasteiger charge is -2.32. The molecule has 1 amide bonds. The van der Waals surface area contributed by atoms with E-state index in [0.29, 0.717) is 18.5 Å². The topological polar surface area (TPSA) is 66.8 Å². The molecule has 6 heteroatoms. The van der Waals surface area contributed by atoms with Crippen molar-refractivity contribution in [1.82, 2.24) is 4.90 Å². The van der Waals surface area contributed by atoms with Gasteiger partial charge in [0.2, 0.25) is 5.91 Å². The average Bonchev–Trinajstić information content (AvgIpc) is 2.49. The minimum atomic E-state index is -1.07. The van der Waals surface area contributed by atoms with Gasteiger partial charge in [-0.1, -0.05) is 25.1 Å². The molecule has 0 aromatic heterocycles. The monoisotopic (exact) mass is 295 g/mol. The first-order chi connectivity index (χ1) is 9.99. The quantitative estimate of drug-likeness (QED) is 0.909. The van der Waals surface area contributed by atoms with Gasteiger partial charge in [-0.25, -0.2) is 9.18 Å². The van der Waals surface area contributed by atoms with Gasteiger partial charge in [-0.05, 0) is 18.1 Å². The Morgan fingerprint density at radius 3 is 2.86 bits per heavy atom. The van der Waals surface area contributed by atoms with E-state index in [9.17, 15) is 14.0 Å². The van der Waals surface area contributed by atoms with E-state index in [1.807, 2.05) is 0 Å². The van der Waals surface area contributed by atoms with Crippen molar-refractivity contribution in [3.63, 3.8) is 0 Å². The molecular weight excluding hydrogens is 277 g/mol. The molecular formula is C15H18FNO4. The number of benzene rings is 1. The van der Waals surface area contributed by atoms with Crippen molar-refractivity contribution in [3.8, 4) is 0 Å². The number of hydrogen-bond acceptors (Lipinski definition) is 3. The Bertz CT molecular complexity index is 534. The fourth-order valence-corrected chi connectivity index (χ4v) is 2.39. The Morgan fingerprint density at radius 1 is 1.48 bits per heavy atom. The van der Waals surface area contributed by atoms with Gasteiger partial charge in [0, 0.05) is 12.5 Å². The van der Waals surface area contributed by atoms with Gasteiger partial charge in [0.25, 0.3) is 0 Å². The van der Waals surface area contributed by atoms with E-state index >= 15 is 0 Å². The minimum Gasteiger partial charge on any atom is -0.479 e. The second-order valence-corrected chi connectivity index (χ2v) is 5.18. The standard InChI is InChI=1S/C15H18FNO4/c1-10(8-11-4-2-3-5-12(11)16)14(18)17-6-7-21-13(9-17)15(19)20/h2-5,10,13H,6-9H2,1H3,(H,19,20)/t10-,13+/m0/s1. The zero-order chi connectivity index (χ0) is 15.4. The van der Waals surface area contributed by atoms with Gasteiger partial charge in [-0.15, -0.1) is 0 Å². The molecule has 2 atom stereocenters. The van der Waals surface area contributed by atoms with Gasteiger partial charge < -0.3 is 14.7 Å². The van der Waals surface area contributed by atoms with E-state index in [1.54, 1.807) is 25.1 Å². The summed E-state index contributed by atoms with van der Waals surface area (Å²) in [5, 5.41) is 8.94. The van der Waals surface area contributed by atoms with Crippen LogP contribution in [0.25, 0.3) is 0 Å². The molecule has 0 bridgehead atoms. The molecule has 0 spiro atoms. The molecule has 1 heterocycles. The smallest absolute Gasteiger partial charge is 0.334 e. The Labute approximate surface area is 122 Å². The highest BCUT2D eigenvalue weighted by atomic mass is 19.1. The first kappa shape index (κ1) is 15.4. The number of amides is 1. The van der Waals surface area contributed by atoms with Gasteiger partial charge in [-0.3, -0.25) is 4.79 Å². The lowest BCUT2D eigenvalue weighted by molar-refractivity contribution is -0.160. The summed E-state index contributed by atoms with van der Waals surface area (Å²) in [5.74, 6) is -1.99. The summed E-state index contributed by atoms with van der Waals surface area (Å²) in [6.45, 7) is 2.33. The summed E-state index contributed by atoms with van der Waals surface area (Å²) < 4.78 is 18.7. The SMILES string of the molecule is C[C@@H](Cc1ccccc1F)C(=O)N1CCO[C@@H](C(=O)O)C1. The number of nitrogens with zero attached hydrogens (tertiary/aromatic N) is 1.